The van der Waals surface area contributed by atoms with Crippen molar-refractivity contribution >= 4 is 33.1 Å². The first-order valence-electron chi connectivity index (χ1n) is 8.86. The van der Waals surface area contributed by atoms with E-state index in [9.17, 15) is 9.59 Å². The molecule has 0 fully saturated rings. The molecule has 4 rings (SSSR count). The van der Waals surface area contributed by atoms with Crippen LogP contribution in [0.25, 0.3) is 10.2 Å². The number of anilines is 1. The highest BCUT2D eigenvalue weighted by atomic mass is 32.1. The number of hydrogen-bond acceptors (Lipinski definition) is 6. The predicted octanol–water partition coefficient (Wildman–Crippen LogP) is 2.73. The van der Waals surface area contributed by atoms with Gasteiger partial charge in [0.15, 0.2) is 4.83 Å². The van der Waals surface area contributed by atoms with Crippen molar-refractivity contribution in [2.45, 2.75) is 45.4 Å². The second kappa shape index (κ2) is 6.86. The fraction of sp³-hybridized carbons (Fsp3) is 0.368. The molecule has 0 saturated carbocycles. The summed E-state index contributed by atoms with van der Waals surface area (Å²) in [5, 5.41) is 11.5. The molecule has 27 heavy (non-hydrogen) atoms. The number of ether oxygens (including phenoxy) is 1. The molecule has 0 aliphatic carbocycles. The van der Waals surface area contributed by atoms with Gasteiger partial charge in [-0.3, -0.25) is 9.59 Å². The van der Waals surface area contributed by atoms with E-state index in [0.29, 0.717) is 28.9 Å². The third-order valence-electron chi connectivity index (χ3n) is 4.97. The Morgan fingerprint density at radius 2 is 2.15 bits per heavy atom. The van der Waals surface area contributed by atoms with Gasteiger partial charge in [0.05, 0.1) is 17.6 Å². The number of amides is 1. The van der Waals surface area contributed by atoms with E-state index in [1.807, 2.05) is 18.2 Å². The molecule has 8 heteroatoms. The SMILES string of the molecule is CC[C@]1(C)Cc2c(sc3nnn(CC(=O)Nc4ccccc4)c(=O)c23)CO1. The fourth-order valence-corrected chi connectivity index (χ4v) is 4.25. The average molecular weight is 384 g/mol. The number of nitrogens with zero attached hydrogens (tertiary/aromatic N) is 3. The second-order valence-corrected chi connectivity index (χ2v) is 8.00. The largest absolute Gasteiger partial charge is 0.369 e. The van der Waals surface area contributed by atoms with Gasteiger partial charge in [-0.05, 0) is 31.0 Å². The molecule has 0 spiro atoms. The van der Waals surface area contributed by atoms with Crippen LogP contribution in [0.5, 0.6) is 0 Å². The molecule has 3 aromatic rings. The van der Waals surface area contributed by atoms with Gasteiger partial charge >= 0.3 is 0 Å². The number of carbonyl (C=O) groups is 1. The molecule has 140 valence electrons. The van der Waals surface area contributed by atoms with E-state index in [4.69, 9.17) is 4.74 Å². The highest BCUT2D eigenvalue weighted by Crippen LogP contribution is 2.37. The Morgan fingerprint density at radius 1 is 1.37 bits per heavy atom. The lowest BCUT2D eigenvalue weighted by Gasteiger charge is -2.32. The van der Waals surface area contributed by atoms with Gasteiger partial charge in [0.1, 0.15) is 6.54 Å². The number of fused-ring (bicyclic) bond motifs is 3. The maximum atomic E-state index is 13.0. The summed E-state index contributed by atoms with van der Waals surface area (Å²) in [5.41, 5.74) is 1.10. The molecule has 0 radical (unpaired) electrons. The molecule has 0 unspecified atom stereocenters. The predicted molar refractivity (Wildman–Crippen MR) is 104 cm³/mol. The Balaban J connectivity index is 1.65. The van der Waals surface area contributed by atoms with Gasteiger partial charge < -0.3 is 10.1 Å². The molecule has 1 N–H and O–H groups in total. The number of benzene rings is 1. The van der Waals surface area contributed by atoms with E-state index in [1.54, 1.807) is 12.1 Å². The minimum Gasteiger partial charge on any atom is -0.369 e. The Morgan fingerprint density at radius 3 is 2.89 bits per heavy atom. The highest BCUT2D eigenvalue weighted by molar-refractivity contribution is 7.18. The molecule has 7 nitrogen and oxygen atoms in total. The van der Waals surface area contributed by atoms with Crippen molar-refractivity contribution in [2.24, 2.45) is 0 Å². The lowest BCUT2D eigenvalue weighted by Crippen LogP contribution is -2.35. The van der Waals surface area contributed by atoms with Gasteiger partial charge in [-0.1, -0.05) is 30.3 Å². The summed E-state index contributed by atoms with van der Waals surface area (Å²) in [5.74, 6) is -0.317. The summed E-state index contributed by atoms with van der Waals surface area (Å²) in [6.45, 7) is 4.43. The van der Waals surface area contributed by atoms with E-state index in [-0.39, 0.29) is 23.6 Å². The molecule has 3 heterocycles. The quantitative estimate of drug-likeness (QED) is 0.747. The average Bonchev–Trinajstić information content (AvgIpc) is 3.03. The number of carbonyl (C=O) groups excluding carboxylic acids is 1. The van der Waals surface area contributed by atoms with Crippen LogP contribution in [0.3, 0.4) is 0 Å². The smallest absolute Gasteiger partial charge is 0.279 e. The minimum atomic E-state index is -0.317. The number of rotatable bonds is 4. The first kappa shape index (κ1) is 17.8. The monoisotopic (exact) mass is 384 g/mol. The molecule has 1 atom stereocenters. The Hall–Kier alpha value is -2.58. The molecule has 2 aromatic heterocycles. The first-order valence-corrected chi connectivity index (χ1v) is 9.67. The fourth-order valence-electron chi connectivity index (χ4n) is 3.21. The summed E-state index contributed by atoms with van der Waals surface area (Å²) in [6.07, 6.45) is 1.52. The number of hydrogen-bond donors (Lipinski definition) is 1. The maximum Gasteiger partial charge on any atom is 0.279 e. The number of para-hydroxylation sites is 1. The van der Waals surface area contributed by atoms with Crippen LogP contribution in [0.15, 0.2) is 35.1 Å². The van der Waals surface area contributed by atoms with Crippen molar-refractivity contribution in [3.8, 4) is 0 Å². The molecule has 1 amide bonds. The lowest BCUT2D eigenvalue weighted by atomic mass is 9.90. The maximum absolute atomic E-state index is 13.0. The third-order valence-corrected chi connectivity index (χ3v) is 6.05. The van der Waals surface area contributed by atoms with Crippen LogP contribution < -0.4 is 10.9 Å². The van der Waals surface area contributed by atoms with Gasteiger partial charge in [-0.15, -0.1) is 16.4 Å². The summed E-state index contributed by atoms with van der Waals surface area (Å²) in [6, 6.07) is 9.11. The molecule has 0 saturated heterocycles. The summed E-state index contributed by atoms with van der Waals surface area (Å²) in [7, 11) is 0. The van der Waals surface area contributed by atoms with Crippen molar-refractivity contribution in [1.82, 2.24) is 15.0 Å². The van der Waals surface area contributed by atoms with Crippen molar-refractivity contribution in [2.75, 3.05) is 5.32 Å². The van der Waals surface area contributed by atoms with Gasteiger partial charge in [0.2, 0.25) is 5.91 Å². The zero-order valence-electron chi connectivity index (χ0n) is 15.2. The normalized spacial score (nSPS) is 19.0. The van der Waals surface area contributed by atoms with Gasteiger partial charge in [-0.2, -0.15) is 0 Å². The van der Waals surface area contributed by atoms with Crippen molar-refractivity contribution in [1.29, 1.82) is 0 Å². The Bertz CT molecular complexity index is 1060. The van der Waals surface area contributed by atoms with Gasteiger partial charge in [-0.25, -0.2) is 4.68 Å². The van der Waals surface area contributed by atoms with E-state index in [0.717, 1.165) is 21.5 Å². The zero-order valence-corrected chi connectivity index (χ0v) is 16.0. The topological polar surface area (TPSA) is 86.1 Å². The molecule has 1 aliphatic rings. The zero-order chi connectivity index (χ0) is 19.0. The van der Waals surface area contributed by atoms with Crippen LogP contribution in [-0.2, 0) is 29.1 Å². The van der Waals surface area contributed by atoms with Crippen molar-refractivity contribution < 1.29 is 9.53 Å². The summed E-state index contributed by atoms with van der Waals surface area (Å²) < 4.78 is 7.09. The van der Waals surface area contributed by atoms with Gasteiger partial charge in [0, 0.05) is 17.0 Å². The highest BCUT2D eigenvalue weighted by Gasteiger charge is 2.33. The number of nitrogens with one attached hydrogen (secondary N) is 1. The van der Waals surface area contributed by atoms with E-state index < -0.39 is 0 Å². The third kappa shape index (κ3) is 3.38. The second-order valence-electron chi connectivity index (χ2n) is 6.92. The van der Waals surface area contributed by atoms with Crippen molar-refractivity contribution in [3.63, 3.8) is 0 Å². The number of thiophene rings is 1. The van der Waals surface area contributed by atoms with Crippen molar-refractivity contribution in [3.05, 3.63) is 51.1 Å². The van der Waals surface area contributed by atoms with E-state index in [2.05, 4.69) is 29.5 Å². The van der Waals surface area contributed by atoms with E-state index in [1.165, 1.54) is 11.3 Å². The Labute approximate surface area is 160 Å². The Kier molecular flexibility index (Phi) is 4.53. The first-order chi connectivity index (χ1) is 13.0. The molecular formula is C19H20N4O3S. The van der Waals surface area contributed by atoms with Crippen LogP contribution in [0.2, 0.25) is 0 Å². The van der Waals surface area contributed by atoms with Crippen LogP contribution in [0.4, 0.5) is 5.69 Å². The molecule has 0 bridgehead atoms. The standard InChI is InChI=1S/C19H20N4O3S/c1-3-19(2)9-13-14(11-26-19)27-17-16(13)18(25)23(22-21-17)10-15(24)20-12-7-5-4-6-8-12/h4-8H,3,9-11H2,1-2H3,(H,20,24)/t19-/m1/s1. The lowest BCUT2D eigenvalue weighted by molar-refractivity contribution is -0.117. The van der Waals surface area contributed by atoms with Crippen LogP contribution in [-0.4, -0.2) is 26.5 Å². The molecular weight excluding hydrogens is 364 g/mol. The number of aromatic nitrogens is 3. The molecule has 1 aromatic carbocycles. The van der Waals surface area contributed by atoms with Gasteiger partial charge in [0.25, 0.3) is 5.56 Å². The summed E-state index contributed by atoms with van der Waals surface area (Å²) in [4.78, 5) is 26.9. The van der Waals surface area contributed by atoms with Crippen LogP contribution in [0, 0.1) is 0 Å². The van der Waals surface area contributed by atoms with Crippen LogP contribution in [0.1, 0.15) is 30.7 Å². The summed E-state index contributed by atoms with van der Waals surface area (Å²) >= 11 is 1.44. The molecule has 1 aliphatic heterocycles. The van der Waals surface area contributed by atoms with Crippen LogP contribution >= 0.6 is 11.3 Å². The van der Waals surface area contributed by atoms with E-state index >= 15 is 0 Å². The minimum absolute atomic E-state index is 0.178.